The fourth-order valence-corrected chi connectivity index (χ4v) is 2.64. The van der Waals surface area contributed by atoms with Gasteiger partial charge in [-0.15, -0.1) is 0 Å². The van der Waals surface area contributed by atoms with Crippen LogP contribution in [0, 0.1) is 5.82 Å². The van der Waals surface area contributed by atoms with Crippen LogP contribution in [0.25, 0.3) is 0 Å². The van der Waals surface area contributed by atoms with E-state index in [4.69, 9.17) is 0 Å². The molecule has 20 heavy (non-hydrogen) atoms. The number of rotatable bonds is 5. The van der Waals surface area contributed by atoms with Gasteiger partial charge in [0, 0.05) is 32.7 Å². The largest absolute Gasteiger partial charge is 0.354 e. The van der Waals surface area contributed by atoms with Crippen molar-refractivity contribution in [1.82, 2.24) is 14.9 Å². The van der Waals surface area contributed by atoms with E-state index in [0.29, 0.717) is 17.8 Å². The lowest BCUT2D eigenvalue weighted by Crippen LogP contribution is -2.43. The van der Waals surface area contributed by atoms with Gasteiger partial charge in [-0.2, -0.15) is 4.98 Å². The minimum Gasteiger partial charge on any atom is -0.354 e. The molecule has 0 aromatic carbocycles. The second-order valence-electron chi connectivity index (χ2n) is 5.17. The number of nitrogens with zero attached hydrogens (tertiary/aromatic N) is 4. The minimum atomic E-state index is -0.355. The molecule has 0 atom stereocenters. The summed E-state index contributed by atoms with van der Waals surface area (Å²) in [6.07, 6.45) is 3.34. The zero-order chi connectivity index (χ0) is 14.5. The van der Waals surface area contributed by atoms with Gasteiger partial charge in [0.25, 0.3) is 0 Å². The number of anilines is 2. The maximum Gasteiger partial charge on any atom is 0.224 e. The smallest absolute Gasteiger partial charge is 0.224 e. The summed E-state index contributed by atoms with van der Waals surface area (Å²) in [6.45, 7) is 8.09. The molecule has 0 bridgehead atoms. The summed E-state index contributed by atoms with van der Waals surface area (Å²) in [5.41, 5.74) is 0. The highest BCUT2D eigenvalue weighted by atomic mass is 19.1. The van der Waals surface area contributed by atoms with Crippen LogP contribution in [0.2, 0.25) is 0 Å². The van der Waals surface area contributed by atoms with Crippen LogP contribution in [0.1, 0.15) is 26.7 Å². The molecule has 0 saturated carbocycles. The molecule has 112 valence electrons. The Kier molecular flexibility index (Phi) is 5.11. The fraction of sp³-hybridized carbons (Fsp3) is 0.714. The summed E-state index contributed by atoms with van der Waals surface area (Å²) in [5, 5.41) is 3.03. The fourth-order valence-electron chi connectivity index (χ4n) is 2.64. The van der Waals surface area contributed by atoms with Crippen LogP contribution in [-0.4, -0.2) is 54.1 Å². The molecule has 1 aromatic heterocycles. The Hall–Kier alpha value is -1.43. The Morgan fingerprint density at radius 2 is 2.10 bits per heavy atom. The first-order valence-corrected chi connectivity index (χ1v) is 7.37. The molecule has 1 aliphatic rings. The van der Waals surface area contributed by atoms with E-state index < -0.39 is 0 Å². The average molecular weight is 281 g/mol. The number of hydrogen-bond donors (Lipinski definition) is 1. The third kappa shape index (κ3) is 3.36. The first-order chi connectivity index (χ1) is 9.65. The predicted octanol–water partition coefficient (Wildman–Crippen LogP) is 1.97. The van der Waals surface area contributed by atoms with Gasteiger partial charge in [-0.3, -0.25) is 0 Å². The van der Waals surface area contributed by atoms with E-state index in [1.165, 1.54) is 6.20 Å². The number of halogens is 1. The number of hydrogen-bond acceptors (Lipinski definition) is 5. The summed E-state index contributed by atoms with van der Waals surface area (Å²) >= 11 is 0. The molecule has 1 aromatic rings. The van der Waals surface area contributed by atoms with Crippen molar-refractivity contribution in [2.24, 2.45) is 0 Å². The van der Waals surface area contributed by atoms with Gasteiger partial charge < -0.3 is 15.1 Å². The van der Waals surface area contributed by atoms with Crippen LogP contribution in [0.4, 0.5) is 16.2 Å². The van der Waals surface area contributed by atoms with Gasteiger partial charge in [0.15, 0.2) is 11.6 Å². The van der Waals surface area contributed by atoms with E-state index in [0.717, 1.165) is 39.0 Å². The third-order valence-corrected chi connectivity index (χ3v) is 3.95. The lowest BCUT2D eigenvalue weighted by molar-refractivity contribution is 0.220. The Balaban J connectivity index is 2.08. The highest BCUT2D eigenvalue weighted by Crippen LogP contribution is 2.23. The molecule has 0 unspecified atom stereocenters. The molecule has 0 aliphatic carbocycles. The van der Waals surface area contributed by atoms with Gasteiger partial charge in [0.1, 0.15) is 0 Å². The van der Waals surface area contributed by atoms with Crippen molar-refractivity contribution in [2.75, 3.05) is 43.4 Å². The summed E-state index contributed by atoms with van der Waals surface area (Å²) < 4.78 is 14.0. The SMILES string of the molecule is CCNc1ncc(F)c(N(C)C2CCN(CC)CC2)n1. The molecular formula is C14H24FN5. The number of nitrogens with one attached hydrogen (secondary N) is 1. The number of piperidine rings is 1. The average Bonchev–Trinajstić information content (AvgIpc) is 2.49. The maximum atomic E-state index is 14.0. The topological polar surface area (TPSA) is 44.3 Å². The summed E-state index contributed by atoms with van der Waals surface area (Å²) in [5.74, 6) is 0.528. The van der Waals surface area contributed by atoms with Gasteiger partial charge >= 0.3 is 0 Å². The Labute approximate surface area is 120 Å². The molecule has 1 N–H and O–H groups in total. The first kappa shape index (κ1) is 15.0. The molecule has 0 amide bonds. The molecule has 1 saturated heterocycles. The maximum absolute atomic E-state index is 14.0. The lowest BCUT2D eigenvalue weighted by Gasteiger charge is -2.36. The van der Waals surface area contributed by atoms with Crippen molar-refractivity contribution in [2.45, 2.75) is 32.7 Å². The van der Waals surface area contributed by atoms with Gasteiger partial charge in [-0.25, -0.2) is 9.37 Å². The third-order valence-electron chi connectivity index (χ3n) is 3.95. The number of likely N-dealkylation sites (tertiary alicyclic amines) is 1. The lowest BCUT2D eigenvalue weighted by atomic mass is 10.0. The van der Waals surface area contributed by atoms with Crippen molar-refractivity contribution in [3.8, 4) is 0 Å². The molecule has 0 spiro atoms. The summed E-state index contributed by atoms with van der Waals surface area (Å²) in [6, 6.07) is 0.344. The van der Waals surface area contributed by atoms with Crippen molar-refractivity contribution in [3.63, 3.8) is 0 Å². The molecule has 1 aliphatic heterocycles. The minimum absolute atomic E-state index is 0.344. The van der Waals surface area contributed by atoms with Crippen LogP contribution in [0.3, 0.4) is 0 Å². The molecular weight excluding hydrogens is 257 g/mol. The molecule has 2 rings (SSSR count). The van der Waals surface area contributed by atoms with E-state index in [1.54, 1.807) is 0 Å². The zero-order valence-corrected chi connectivity index (χ0v) is 12.6. The van der Waals surface area contributed by atoms with E-state index in [1.807, 2.05) is 18.9 Å². The Morgan fingerprint density at radius 1 is 1.40 bits per heavy atom. The highest BCUT2D eigenvalue weighted by Gasteiger charge is 2.24. The van der Waals surface area contributed by atoms with E-state index in [9.17, 15) is 4.39 Å². The first-order valence-electron chi connectivity index (χ1n) is 7.37. The predicted molar refractivity (Wildman–Crippen MR) is 79.7 cm³/mol. The van der Waals surface area contributed by atoms with Crippen LogP contribution in [0.5, 0.6) is 0 Å². The van der Waals surface area contributed by atoms with Crippen LogP contribution in [0.15, 0.2) is 6.20 Å². The monoisotopic (exact) mass is 281 g/mol. The van der Waals surface area contributed by atoms with Crippen molar-refractivity contribution in [3.05, 3.63) is 12.0 Å². The van der Waals surface area contributed by atoms with E-state index >= 15 is 0 Å². The van der Waals surface area contributed by atoms with E-state index in [-0.39, 0.29) is 5.82 Å². The second-order valence-corrected chi connectivity index (χ2v) is 5.17. The molecule has 1 fully saturated rings. The highest BCUT2D eigenvalue weighted by molar-refractivity contribution is 5.44. The standard InChI is InChI=1S/C14H24FN5/c1-4-16-14-17-10-12(15)13(18-14)19(3)11-6-8-20(5-2)9-7-11/h10-11H,4-9H2,1-3H3,(H,16,17,18). The van der Waals surface area contributed by atoms with Crippen molar-refractivity contribution >= 4 is 11.8 Å². The number of aromatic nitrogens is 2. The quantitative estimate of drug-likeness (QED) is 0.894. The van der Waals surface area contributed by atoms with Gasteiger partial charge in [0.05, 0.1) is 6.20 Å². The van der Waals surface area contributed by atoms with Crippen LogP contribution in [-0.2, 0) is 0 Å². The molecule has 2 heterocycles. The van der Waals surface area contributed by atoms with Gasteiger partial charge in [-0.05, 0) is 26.3 Å². The Bertz CT molecular complexity index is 432. The molecule has 0 radical (unpaired) electrons. The van der Waals surface area contributed by atoms with Crippen LogP contribution < -0.4 is 10.2 Å². The van der Waals surface area contributed by atoms with Crippen molar-refractivity contribution < 1.29 is 4.39 Å². The normalized spacial score (nSPS) is 17.2. The Morgan fingerprint density at radius 3 is 2.70 bits per heavy atom. The zero-order valence-electron chi connectivity index (χ0n) is 12.6. The summed E-state index contributed by atoms with van der Waals surface area (Å²) in [4.78, 5) is 12.6. The second kappa shape index (κ2) is 6.83. The molecule has 6 heteroatoms. The van der Waals surface area contributed by atoms with Crippen molar-refractivity contribution in [1.29, 1.82) is 0 Å². The van der Waals surface area contributed by atoms with E-state index in [2.05, 4.69) is 27.1 Å². The van der Waals surface area contributed by atoms with Gasteiger partial charge in [-0.1, -0.05) is 6.92 Å². The van der Waals surface area contributed by atoms with Crippen LogP contribution >= 0.6 is 0 Å². The van der Waals surface area contributed by atoms with Gasteiger partial charge in [0.2, 0.25) is 5.95 Å². The molecule has 5 nitrogen and oxygen atoms in total. The summed E-state index contributed by atoms with van der Waals surface area (Å²) in [7, 11) is 1.92.